The van der Waals surface area contributed by atoms with Gasteiger partial charge in [-0.2, -0.15) is 0 Å². The highest BCUT2D eigenvalue weighted by Crippen LogP contribution is 2.25. The van der Waals surface area contributed by atoms with Crippen molar-refractivity contribution in [1.82, 2.24) is 4.90 Å². The standard InChI is InChI=1S/C18H22ClN3O3/c19-8-7-17(23)20-14-3-5-15(6-4-14)22-9-1-2-16(18(22)24)21-10-12-25-13-11-21/h2-6H,1,7-13H2,(H,20,23). The Balaban J connectivity index is 1.68. The number of nitrogens with one attached hydrogen (secondary N) is 1. The third-order valence-electron chi connectivity index (χ3n) is 4.29. The Labute approximate surface area is 152 Å². The molecule has 1 N–H and O–H groups in total. The molecule has 0 saturated carbocycles. The van der Waals surface area contributed by atoms with Crippen molar-refractivity contribution in [3.63, 3.8) is 0 Å². The number of nitrogens with zero attached hydrogens (tertiary/aromatic N) is 2. The topological polar surface area (TPSA) is 61.9 Å². The molecule has 2 aliphatic rings. The molecule has 1 saturated heterocycles. The van der Waals surface area contributed by atoms with Crippen LogP contribution in [0.15, 0.2) is 36.0 Å². The van der Waals surface area contributed by atoms with Crippen molar-refractivity contribution in [2.45, 2.75) is 12.8 Å². The molecular formula is C18H22ClN3O3. The van der Waals surface area contributed by atoms with Crippen molar-refractivity contribution in [3.8, 4) is 0 Å². The van der Waals surface area contributed by atoms with E-state index >= 15 is 0 Å². The van der Waals surface area contributed by atoms with Gasteiger partial charge in [-0.05, 0) is 30.7 Å². The first-order valence-corrected chi connectivity index (χ1v) is 9.03. The van der Waals surface area contributed by atoms with Crippen LogP contribution in [0.2, 0.25) is 0 Å². The summed E-state index contributed by atoms with van der Waals surface area (Å²) in [5.41, 5.74) is 2.29. The van der Waals surface area contributed by atoms with E-state index in [2.05, 4.69) is 10.2 Å². The fourth-order valence-electron chi connectivity index (χ4n) is 3.01. The van der Waals surface area contributed by atoms with Crippen molar-refractivity contribution in [2.24, 2.45) is 0 Å². The van der Waals surface area contributed by atoms with Crippen LogP contribution in [0.3, 0.4) is 0 Å². The van der Waals surface area contributed by atoms with Crippen LogP contribution in [-0.2, 0) is 14.3 Å². The molecule has 1 aromatic carbocycles. The number of rotatable bonds is 5. The summed E-state index contributed by atoms with van der Waals surface area (Å²) in [5.74, 6) is 0.199. The zero-order valence-corrected chi connectivity index (χ0v) is 14.8. The Kier molecular flexibility index (Phi) is 5.94. The highest BCUT2D eigenvalue weighted by Gasteiger charge is 2.28. The zero-order chi connectivity index (χ0) is 17.6. The lowest BCUT2D eigenvalue weighted by Gasteiger charge is -2.35. The van der Waals surface area contributed by atoms with Gasteiger partial charge >= 0.3 is 0 Å². The summed E-state index contributed by atoms with van der Waals surface area (Å²) >= 11 is 5.56. The average Bonchev–Trinajstić information content (AvgIpc) is 2.64. The highest BCUT2D eigenvalue weighted by molar-refractivity contribution is 6.19. The summed E-state index contributed by atoms with van der Waals surface area (Å²) in [5, 5.41) is 2.78. The van der Waals surface area contributed by atoms with E-state index in [4.69, 9.17) is 16.3 Å². The first-order chi connectivity index (χ1) is 12.2. The maximum Gasteiger partial charge on any atom is 0.274 e. The minimum absolute atomic E-state index is 0.0204. The number of morpholine rings is 1. The molecule has 0 aromatic heterocycles. The van der Waals surface area contributed by atoms with Gasteiger partial charge in [0, 0.05) is 43.3 Å². The number of alkyl halides is 1. The van der Waals surface area contributed by atoms with Gasteiger partial charge in [-0.25, -0.2) is 0 Å². The summed E-state index contributed by atoms with van der Waals surface area (Å²) in [4.78, 5) is 28.3. The van der Waals surface area contributed by atoms with Gasteiger partial charge in [0.05, 0.1) is 18.9 Å². The van der Waals surface area contributed by atoms with Gasteiger partial charge in [-0.1, -0.05) is 6.08 Å². The van der Waals surface area contributed by atoms with E-state index in [0.717, 1.165) is 30.9 Å². The lowest BCUT2D eigenvalue weighted by molar-refractivity contribution is -0.117. The molecule has 0 bridgehead atoms. The zero-order valence-electron chi connectivity index (χ0n) is 14.0. The number of ether oxygens (including phenoxy) is 1. The van der Waals surface area contributed by atoms with Crippen LogP contribution < -0.4 is 10.2 Å². The second-order valence-corrected chi connectivity index (χ2v) is 6.35. The number of hydrogen-bond acceptors (Lipinski definition) is 4. The van der Waals surface area contributed by atoms with Gasteiger partial charge < -0.3 is 19.9 Å². The Morgan fingerprint density at radius 2 is 1.88 bits per heavy atom. The lowest BCUT2D eigenvalue weighted by atomic mass is 10.1. The smallest absolute Gasteiger partial charge is 0.274 e. The SMILES string of the molecule is O=C(CCCl)Nc1ccc(N2CCC=C(N3CCOCC3)C2=O)cc1. The quantitative estimate of drug-likeness (QED) is 0.815. The van der Waals surface area contributed by atoms with Crippen LogP contribution in [-0.4, -0.2) is 55.4 Å². The Morgan fingerprint density at radius 3 is 2.56 bits per heavy atom. The highest BCUT2D eigenvalue weighted by atomic mass is 35.5. The van der Waals surface area contributed by atoms with Crippen molar-refractivity contribution in [3.05, 3.63) is 36.0 Å². The van der Waals surface area contributed by atoms with E-state index in [1.165, 1.54) is 0 Å². The molecule has 3 rings (SSSR count). The van der Waals surface area contributed by atoms with E-state index in [9.17, 15) is 9.59 Å². The van der Waals surface area contributed by atoms with E-state index in [0.29, 0.717) is 31.3 Å². The largest absolute Gasteiger partial charge is 0.378 e. The molecule has 2 amide bonds. The van der Waals surface area contributed by atoms with Gasteiger partial charge in [0.25, 0.3) is 5.91 Å². The van der Waals surface area contributed by atoms with Crippen LogP contribution in [0.1, 0.15) is 12.8 Å². The maximum atomic E-state index is 12.9. The predicted octanol–water partition coefficient (Wildman–Crippen LogP) is 2.21. The van der Waals surface area contributed by atoms with Gasteiger partial charge in [-0.15, -0.1) is 11.6 Å². The first-order valence-electron chi connectivity index (χ1n) is 8.49. The second-order valence-electron chi connectivity index (χ2n) is 5.97. The Bertz CT molecular complexity index is 654. The average molecular weight is 364 g/mol. The fraction of sp³-hybridized carbons (Fsp3) is 0.444. The normalized spacial score (nSPS) is 18.1. The molecule has 134 valence electrons. The number of carbonyl (C=O) groups excluding carboxylic acids is 2. The van der Waals surface area contributed by atoms with Crippen molar-refractivity contribution >= 4 is 34.8 Å². The summed E-state index contributed by atoms with van der Waals surface area (Å²) in [6, 6.07) is 7.33. The molecule has 0 radical (unpaired) electrons. The van der Waals surface area contributed by atoms with E-state index in [1.807, 2.05) is 30.3 Å². The maximum absolute atomic E-state index is 12.9. The minimum atomic E-state index is -0.116. The predicted molar refractivity (Wildman–Crippen MR) is 97.9 cm³/mol. The van der Waals surface area contributed by atoms with Crippen molar-refractivity contribution in [2.75, 3.05) is 48.9 Å². The minimum Gasteiger partial charge on any atom is -0.378 e. The van der Waals surface area contributed by atoms with Crippen LogP contribution in [0.5, 0.6) is 0 Å². The molecule has 2 aliphatic heterocycles. The summed E-state index contributed by atoms with van der Waals surface area (Å²) in [7, 11) is 0. The molecule has 25 heavy (non-hydrogen) atoms. The van der Waals surface area contributed by atoms with Crippen molar-refractivity contribution < 1.29 is 14.3 Å². The molecule has 2 heterocycles. The molecule has 0 spiro atoms. The number of amides is 2. The molecule has 7 heteroatoms. The monoisotopic (exact) mass is 363 g/mol. The van der Waals surface area contributed by atoms with Crippen LogP contribution >= 0.6 is 11.6 Å². The number of benzene rings is 1. The van der Waals surface area contributed by atoms with Crippen LogP contribution in [0, 0.1) is 0 Å². The molecular weight excluding hydrogens is 342 g/mol. The third-order valence-corrected chi connectivity index (χ3v) is 4.48. The van der Waals surface area contributed by atoms with Crippen LogP contribution in [0.25, 0.3) is 0 Å². The second kappa shape index (κ2) is 8.36. The fourth-order valence-corrected chi connectivity index (χ4v) is 3.18. The van der Waals surface area contributed by atoms with E-state index < -0.39 is 0 Å². The third kappa shape index (κ3) is 4.32. The Morgan fingerprint density at radius 1 is 1.16 bits per heavy atom. The van der Waals surface area contributed by atoms with Gasteiger partial charge in [0.2, 0.25) is 5.91 Å². The van der Waals surface area contributed by atoms with E-state index in [-0.39, 0.29) is 18.2 Å². The number of carbonyl (C=O) groups is 2. The first kappa shape index (κ1) is 17.8. The number of hydrogen-bond donors (Lipinski definition) is 1. The number of anilines is 2. The summed E-state index contributed by atoms with van der Waals surface area (Å²) in [6.45, 7) is 3.46. The van der Waals surface area contributed by atoms with Gasteiger partial charge in [0.15, 0.2) is 0 Å². The molecule has 1 fully saturated rings. The summed E-state index contributed by atoms with van der Waals surface area (Å²) in [6.07, 6.45) is 3.12. The van der Waals surface area contributed by atoms with E-state index in [1.54, 1.807) is 4.90 Å². The lowest BCUT2D eigenvalue weighted by Crippen LogP contribution is -2.45. The molecule has 0 atom stereocenters. The van der Waals surface area contributed by atoms with Gasteiger partial charge in [0.1, 0.15) is 0 Å². The van der Waals surface area contributed by atoms with Crippen molar-refractivity contribution in [1.29, 1.82) is 0 Å². The molecule has 1 aromatic rings. The van der Waals surface area contributed by atoms with Gasteiger partial charge in [-0.3, -0.25) is 9.59 Å². The van der Waals surface area contributed by atoms with Crippen LogP contribution in [0.4, 0.5) is 11.4 Å². The molecule has 0 aliphatic carbocycles. The molecule has 0 unspecified atom stereocenters. The Hall–Kier alpha value is -2.05. The summed E-state index contributed by atoms with van der Waals surface area (Å²) < 4.78 is 5.36. The molecule has 6 nitrogen and oxygen atoms in total. The number of halogens is 1.